The predicted octanol–water partition coefficient (Wildman–Crippen LogP) is 3.54. The highest BCUT2D eigenvalue weighted by Gasteiger charge is 2.15. The third-order valence-electron chi connectivity index (χ3n) is 4.43. The molecule has 0 saturated carbocycles. The first kappa shape index (κ1) is 22.5. The largest absolute Gasteiger partial charge is 0.440 e. The highest BCUT2D eigenvalue weighted by atomic mass is 35.5. The van der Waals surface area contributed by atoms with Gasteiger partial charge in [0.05, 0.1) is 5.69 Å². The molecule has 7 heteroatoms. The Labute approximate surface area is 167 Å². The van der Waals surface area contributed by atoms with E-state index < -0.39 is 0 Å². The van der Waals surface area contributed by atoms with Gasteiger partial charge < -0.3 is 15.1 Å². The second kappa shape index (κ2) is 11.2. The van der Waals surface area contributed by atoms with Crippen LogP contribution in [-0.2, 0) is 11.2 Å². The number of carbonyl (C=O) groups excluding carboxylic acids is 1. The van der Waals surface area contributed by atoms with Crippen LogP contribution in [0.15, 0.2) is 34.7 Å². The van der Waals surface area contributed by atoms with Gasteiger partial charge in [0, 0.05) is 24.9 Å². The van der Waals surface area contributed by atoms with Gasteiger partial charge in [0.15, 0.2) is 11.7 Å². The zero-order valence-electron chi connectivity index (χ0n) is 15.0. The molecule has 1 aliphatic rings. The molecule has 2 aromatic rings. The summed E-state index contributed by atoms with van der Waals surface area (Å²) in [5, 5.41) is 6.39. The van der Waals surface area contributed by atoms with E-state index in [1.165, 1.54) is 12.8 Å². The Morgan fingerprint density at radius 2 is 2.08 bits per heavy atom. The molecule has 2 N–H and O–H groups in total. The number of hydrogen-bond donors (Lipinski definition) is 2. The predicted molar refractivity (Wildman–Crippen MR) is 108 cm³/mol. The number of hydrogen-bond acceptors (Lipinski definition) is 4. The van der Waals surface area contributed by atoms with Gasteiger partial charge >= 0.3 is 0 Å². The fraction of sp³-hybridized carbons (Fsp3) is 0.474. The summed E-state index contributed by atoms with van der Waals surface area (Å²) in [4.78, 5) is 16.5. The molecule has 1 aromatic heterocycles. The van der Waals surface area contributed by atoms with Gasteiger partial charge in [-0.25, -0.2) is 4.98 Å². The molecule has 1 aliphatic heterocycles. The maximum absolute atomic E-state index is 12.0. The number of oxazole rings is 1. The quantitative estimate of drug-likeness (QED) is 0.779. The minimum atomic E-state index is 0. The summed E-state index contributed by atoms with van der Waals surface area (Å²) in [6.07, 6.45) is 3.32. The minimum Gasteiger partial charge on any atom is -0.440 e. The normalized spacial score (nSPS) is 16.3. The van der Waals surface area contributed by atoms with Gasteiger partial charge in [-0.2, -0.15) is 0 Å². The van der Waals surface area contributed by atoms with E-state index in [-0.39, 0.29) is 30.7 Å². The van der Waals surface area contributed by atoms with E-state index in [1.807, 2.05) is 37.3 Å². The molecule has 0 spiro atoms. The van der Waals surface area contributed by atoms with E-state index in [1.54, 1.807) is 0 Å². The van der Waals surface area contributed by atoms with Gasteiger partial charge in [-0.05, 0) is 38.8 Å². The van der Waals surface area contributed by atoms with Crippen LogP contribution < -0.4 is 10.6 Å². The van der Waals surface area contributed by atoms with Crippen LogP contribution in [0.3, 0.4) is 0 Å². The number of aromatic nitrogens is 1. The van der Waals surface area contributed by atoms with Crippen LogP contribution >= 0.6 is 24.8 Å². The van der Waals surface area contributed by atoms with Crippen LogP contribution in [0.4, 0.5) is 0 Å². The third-order valence-corrected chi connectivity index (χ3v) is 4.43. The van der Waals surface area contributed by atoms with Crippen molar-refractivity contribution in [3.8, 4) is 11.3 Å². The molecule has 144 valence electrons. The lowest BCUT2D eigenvalue weighted by molar-refractivity contribution is -0.121. The van der Waals surface area contributed by atoms with Gasteiger partial charge in [-0.3, -0.25) is 4.79 Å². The maximum atomic E-state index is 12.0. The molecular formula is C19H27Cl2N3O2. The molecule has 1 amide bonds. The first-order valence-electron chi connectivity index (χ1n) is 8.71. The first-order chi connectivity index (χ1) is 11.7. The lowest BCUT2D eigenvalue weighted by atomic mass is 10.00. The monoisotopic (exact) mass is 399 g/mol. The fourth-order valence-corrected chi connectivity index (χ4v) is 3.08. The summed E-state index contributed by atoms with van der Waals surface area (Å²) in [7, 11) is 0. The molecule has 26 heavy (non-hydrogen) atoms. The maximum Gasteiger partial charge on any atom is 0.220 e. The second-order valence-corrected chi connectivity index (χ2v) is 6.40. The summed E-state index contributed by atoms with van der Waals surface area (Å²) in [6, 6.07) is 9.93. The highest BCUT2D eigenvalue weighted by Crippen LogP contribution is 2.24. The van der Waals surface area contributed by atoms with Crippen molar-refractivity contribution in [3.05, 3.63) is 41.9 Å². The molecule has 5 nitrogen and oxygen atoms in total. The average Bonchev–Trinajstić information content (AvgIpc) is 3.00. The summed E-state index contributed by atoms with van der Waals surface area (Å²) in [5.41, 5.74) is 1.88. The zero-order chi connectivity index (χ0) is 16.8. The first-order valence-corrected chi connectivity index (χ1v) is 8.71. The zero-order valence-corrected chi connectivity index (χ0v) is 16.6. The van der Waals surface area contributed by atoms with Gasteiger partial charge in [-0.1, -0.05) is 30.3 Å². The SMILES string of the molecule is Cc1nc(CCC(=O)NCC2CCCNC2)oc1-c1ccccc1.Cl.Cl. The Morgan fingerprint density at radius 1 is 1.31 bits per heavy atom. The highest BCUT2D eigenvalue weighted by molar-refractivity contribution is 5.85. The number of nitrogens with zero attached hydrogens (tertiary/aromatic N) is 1. The van der Waals surface area contributed by atoms with Crippen LogP contribution in [-0.4, -0.2) is 30.5 Å². The van der Waals surface area contributed by atoms with Crippen LogP contribution in [0.2, 0.25) is 0 Å². The van der Waals surface area contributed by atoms with E-state index in [9.17, 15) is 4.79 Å². The molecule has 0 bridgehead atoms. The molecule has 1 fully saturated rings. The Kier molecular flexibility index (Phi) is 9.70. The molecule has 1 atom stereocenters. The lowest BCUT2D eigenvalue weighted by Gasteiger charge is -2.22. The van der Waals surface area contributed by atoms with E-state index in [2.05, 4.69) is 15.6 Å². The van der Waals surface area contributed by atoms with Crippen molar-refractivity contribution in [2.24, 2.45) is 5.92 Å². The van der Waals surface area contributed by atoms with Crippen molar-refractivity contribution in [1.82, 2.24) is 15.6 Å². The van der Waals surface area contributed by atoms with Crippen LogP contribution in [0.25, 0.3) is 11.3 Å². The fourth-order valence-electron chi connectivity index (χ4n) is 3.08. The Morgan fingerprint density at radius 3 is 2.77 bits per heavy atom. The minimum absolute atomic E-state index is 0. The number of halogens is 2. The number of aryl methyl sites for hydroxylation is 2. The number of carbonyl (C=O) groups is 1. The van der Waals surface area contributed by atoms with Crippen molar-refractivity contribution in [2.45, 2.75) is 32.6 Å². The van der Waals surface area contributed by atoms with Crippen molar-refractivity contribution in [3.63, 3.8) is 0 Å². The van der Waals surface area contributed by atoms with Crippen LogP contribution in [0, 0.1) is 12.8 Å². The van der Waals surface area contributed by atoms with Gasteiger partial charge in [0.25, 0.3) is 0 Å². The molecule has 3 rings (SSSR count). The van der Waals surface area contributed by atoms with Crippen molar-refractivity contribution in [1.29, 1.82) is 0 Å². The molecule has 1 saturated heterocycles. The molecule has 1 unspecified atom stereocenters. The summed E-state index contributed by atoms with van der Waals surface area (Å²) in [6.45, 7) is 4.79. The molecular weight excluding hydrogens is 373 g/mol. The lowest BCUT2D eigenvalue weighted by Crippen LogP contribution is -2.38. The number of piperidine rings is 1. The Balaban J connectivity index is 0.00000169. The standard InChI is InChI=1S/C19H25N3O2.2ClH/c1-14-19(16-7-3-2-4-8-16)24-18(22-14)10-9-17(23)21-13-15-6-5-11-20-12-15;;/h2-4,7-8,15,20H,5-6,9-13H2,1H3,(H,21,23);2*1H. The van der Waals surface area contributed by atoms with E-state index >= 15 is 0 Å². The topological polar surface area (TPSA) is 67.2 Å². The molecule has 0 radical (unpaired) electrons. The van der Waals surface area contributed by atoms with Gasteiger partial charge in [0.2, 0.25) is 5.91 Å². The van der Waals surface area contributed by atoms with E-state index in [4.69, 9.17) is 4.42 Å². The summed E-state index contributed by atoms with van der Waals surface area (Å²) < 4.78 is 5.84. The number of benzene rings is 1. The van der Waals surface area contributed by atoms with E-state index in [0.29, 0.717) is 24.7 Å². The van der Waals surface area contributed by atoms with Gasteiger partial charge in [0.1, 0.15) is 0 Å². The Bertz CT molecular complexity index is 671. The second-order valence-electron chi connectivity index (χ2n) is 6.40. The third kappa shape index (κ3) is 6.31. The van der Waals surface area contributed by atoms with Crippen molar-refractivity contribution in [2.75, 3.05) is 19.6 Å². The number of nitrogens with one attached hydrogen (secondary N) is 2. The smallest absolute Gasteiger partial charge is 0.220 e. The molecule has 2 heterocycles. The van der Waals surface area contributed by atoms with Gasteiger partial charge in [-0.15, -0.1) is 24.8 Å². The van der Waals surface area contributed by atoms with Crippen LogP contribution in [0.5, 0.6) is 0 Å². The summed E-state index contributed by atoms with van der Waals surface area (Å²) >= 11 is 0. The molecule has 1 aromatic carbocycles. The van der Waals surface area contributed by atoms with Crippen LogP contribution in [0.1, 0.15) is 30.8 Å². The number of amides is 1. The van der Waals surface area contributed by atoms with Crippen molar-refractivity contribution >= 4 is 30.7 Å². The number of rotatable bonds is 6. The Hall–Kier alpha value is -1.56. The summed E-state index contributed by atoms with van der Waals surface area (Å²) in [5.74, 6) is 2.04. The average molecular weight is 400 g/mol. The molecule has 0 aliphatic carbocycles. The van der Waals surface area contributed by atoms with Crippen molar-refractivity contribution < 1.29 is 9.21 Å². The van der Waals surface area contributed by atoms with E-state index in [0.717, 1.165) is 36.7 Å².